The number of aromatic nitrogens is 2. The fourth-order valence-corrected chi connectivity index (χ4v) is 4.10. The Morgan fingerprint density at radius 1 is 1.00 bits per heavy atom. The van der Waals surface area contributed by atoms with E-state index in [2.05, 4.69) is 20.6 Å². The first kappa shape index (κ1) is 23.4. The van der Waals surface area contributed by atoms with Gasteiger partial charge in [-0.05, 0) is 69.2 Å². The Bertz CT molecular complexity index is 1220. The zero-order valence-corrected chi connectivity index (χ0v) is 19.3. The van der Waals surface area contributed by atoms with Crippen LogP contribution < -0.4 is 20.9 Å². The molecule has 2 aromatic carbocycles. The van der Waals surface area contributed by atoms with E-state index in [0.29, 0.717) is 28.8 Å². The van der Waals surface area contributed by atoms with Gasteiger partial charge in [0, 0.05) is 11.9 Å². The second-order valence-corrected chi connectivity index (χ2v) is 8.24. The van der Waals surface area contributed by atoms with Gasteiger partial charge in [0.2, 0.25) is 5.91 Å². The molecule has 0 spiro atoms. The predicted octanol–water partition coefficient (Wildman–Crippen LogP) is 1.73. The molecular weight excluding hydrogens is 434 g/mol. The van der Waals surface area contributed by atoms with E-state index in [-0.39, 0.29) is 23.7 Å². The Labute approximate surface area is 197 Å². The zero-order valence-electron chi connectivity index (χ0n) is 19.3. The lowest BCUT2D eigenvalue weighted by molar-refractivity contribution is -0.120. The molecule has 1 aliphatic rings. The standard InChI is InChI=1S/C25H29N5O4/c1-34-19-11-9-18(10-12-19)30-25(33)21-8-3-2-7-20(21)23(28-30)24(32)27-17-22(31)26-13-6-16-29-14-4-5-15-29/h2-3,7-12H,4-6,13-17H2,1H3,(H,26,31)(H,27,32). The highest BCUT2D eigenvalue weighted by Gasteiger charge is 2.18. The van der Waals surface area contributed by atoms with Crippen molar-refractivity contribution in [2.45, 2.75) is 19.3 Å². The van der Waals surface area contributed by atoms with Crippen LogP contribution in [0.4, 0.5) is 0 Å². The molecule has 1 aromatic heterocycles. The van der Waals surface area contributed by atoms with Gasteiger partial charge in [-0.1, -0.05) is 18.2 Å². The third kappa shape index (κ3) is 5.43. The number of nitrogens with zero attached hydrogens (tertiary/aromatic N) is 3. The van der Waals surface area contributed by atoms with Crippen molar-refractivity contribution in [1.29, 1.82) is 0 Å². The van der Waals surface area contributed by atoms with Crippen molar-refractivity contribution in [2.75, 3.05) is 39.8 Å². The molecule has 1 saturated heterocycles. The van der Waals surface area contributed by atoms with E-state index in [0.717, 1.165) is 26.1 Å². The monoisotopic (exact) mass is 463 g/mol. The lowest BCUT2D eigenvalue weighted by atomic mass is 10.1. The number of fused-ring (bicyclic) bond motifs is 1. The van der Waals surface area contributed by atoms with Gasteiger partial charge in [0.05, 0.1) is 24.7 Å². The Kier molecular flexibility index (Phi) is 7.54. The molecule has 0 saturated carbocycles. The van der Waals surface area contributed by atoms with E-state index in [4.69, 9.17) is 4.74 Å². The van der Waals surface area contributed by atoms with Gasteiger partial charge in [-0.15, -0.1) is 0 Å². The SMILES string of the molecule is COc1ccc(-n2nc(C(=O)NCC(=O)NCCCN3CCCC3)c3ccccc3c2=O)cc1. The van der Waals surface area contributed by atoms with Crippen molar-refractivity contribution < 1.29 is 14.3 Å². The Morgan fingerprint density at radius 3 is 2.41 bits per heavy atom. The van der Waals surface area contributed by atoms with Crippen LogP contribution in [-0.2, 0) is 4.79 Å². The average Bonchev–Trinajstić information content (AvgIpc) is 3.39. The average molecular weight is 464 g/mol. The summed E-state index contributed by atoms with van der Waals surface area (Å²) in [5.41, 5.74) is 0.238. The number of carbonyl (C=O) groups is 2. The van der Waals surface area contributed by atoms with Crippen molar-refractivity contribution in [1.82, 2.24) is 25.3 Å². The number of carbonyl (C=O) groups excluding carboxylic acids is 2. The number of hydrogen-bond donors (Lipinski definition) is 2. The fourth-order valence-electron chi connectivity index (χ4n) is 4.10. The summed E-state index contributed by atoms with van der Waals surface area (Å²) in [5, 5.41) is 10.6. The lowest BCUT2D eigenvalue weighted by Crippen LogP contribution is -2.39. The van der Waals surface area contributed by atoms with Crippen molar-refractivity contribution in [2.24, 2.45) is 0 Å². The number of ether oxygens (including phenoxy) is 1. The van der Waals surface area contributed by atoms with E-state index < -0.39 is 5.91 Å². The molecule has 34 heavy (non-hydrogen) atoms. The molecule has 9 heteroatoms. The van der Waals surface area contributed by atoms with Crippen LogP contribution in [0.5, 0.6) is 5.75 Å². The van der Waals surface area contributed by atoms with E-state index in [1.54, 1.807) is 55.6 Å². The van der Waals surface area contributed by atoms with Gasteiger partial charge in [0.25, 0.3) is 11.5 Å². The second-order valence-electron chi connectivity index (χ2n) is 8.24. The van der Waals surface area contributed by atoms with Crippen molar-refractivity contribution in [3.05, 3.63) is 64.6 Å². The van der Waals surface area contributed by atoms with Gasteiger partial charge >= 0.3 is 0 Å². The number of methoxy groups -OCH3 is 1. The van der Waals surface area contributed by atoms with Crippen LogP contribution in [0.25, 0.3) is 16.5 Å². The molecule has 1 fully saturated rings. The molecule has 178 valence electrons. The van der Waals surface area contributed by atoms with E-state index >= 15 is 0 Å². The van der Waals surface area contributed by atoms with Crippen LogP contribution in [0.2, 0.25) is 0 Å². The number of nitrogens with one attached hydrogen (secondary N) is 2. The first-order valence-electron chi connectivity index (χ1n) is 11.5. The number of hydrogen-bond acceptors (Lipinski definition) is 6. The molecule has 0 atom stereocenters. The van der Waals surface area contributed by atoms with Crippen molar-refractivity contribution in [3.63, 3.8) is 0 Å². The molecule has 0 unspecified atom stereocenters. The molecule has 0 radical (unpaired) electrons. The van der Waals surface area contributed by atoms with Gasteiger partial charge in [-0.25, -0.2) is 0 Å². The van der Waals surface area contributed by atoms with E-state index in [9.17, 15) is 14.4 Å². The van der Waals surface area contributed by atoms with Gasteiger partial charge in [0.1, 0.15) is 5.75 Å². The number of amides is 2. The van der Waals surface area contributed by atoms with Crippen LogP contribution >= 0.6 is 0 Å². The maximum atomic E-state index is 13.0. The maximum absolute atomic E-state index is 13.0. The summed E-state index contributed by atoms with van der Waals surface area (Å²) in [6.45, 7) is 3.62. The van der Waals surface area contributed by atoms with Crippen LogP contribution in [0.3, 0.4) is 0 Å². The summed E-state index contributed by atoms with van der Waals surface area (Å²) < 4.78 is 6.36. The summed E-state index contributed by atoms with van der Waals surface area (Å²) >= 11 is 0. The summed E-state index contributed by atoms with van der Waals surface area (Å²) in [7, 11) is 1.56. The highest BCUT2D eigenvalue weighted by molar-refractivity contribution is 6.05. The number of rotatable bonds is 9. The number of likely N-dealkylation sites (tertiary alicyclic amines) is 1. The van der Waals surface area contributed by atoms with Gasteiger partial charge < -0.3 is 20.3 Å². The van der Waals surface area contributed by atoms with Crippen molar-refractivity contribution >= 4 is 22.6 Å². The van der Waals surface area contributed by atoms with Crippen LogP contribution in [-0.4, -0.2) is 66.3 Å². The first-order valence-corrected chi connectivity index (χ1v) is 11.5. The molecule has 2 heterocycles. The zero-order chi connectivity index (χ0) is 23.9. The molecule has 0 bridgehead atoms. The van der Waals surface area contributed by atoms with Gasteiger partial charge in [0.15, 0.2) is 5.69 Å². The second kappa shape index (κ2) is 10.9. The summed E-state index contributed by atoms with van der Waals surface area (Å²) in [5.74, 6) is -0.143. The third-order valence-corrected chi connectivity index (χ3v) is 5.92. The third-order valence-electron chi connectivity index (χ3n) is 5.92. The van der Waals surface area contributed by atoms with E-state index in [1.165, 1.54) is 17.5 Å². The molecule has 0 aliphatic carbocycles. The minimum absolute atomic E-state index is 0.0767. The molecular formula is C25H29N5O4. The Balaban J connectivity index is 1.45. The molecule has 9 nitrogen and oxygen atoms in total. The highest BCUT2D eigenvalue weighted by Crippen LogP contribution is 2.17. The van der Waals surface area contributed by atoms with Gasteiger partial charge in [-0.2, -0.15) is 9.78 Å². The molecule has 2 amide bonds. The summed E-state index contributed by atoms with van der Waals surface area (Å²) in [6.07, 6.45) is 3.36. The fraction of sp³-hybridized carbons (Fsp3) is 0.360. The maximum Gasteiger partial charge on any atom is 0.279 e. The molecule has 4 rings (SSSR count). The molecule has 1 aliphatic heterocycles. The smallest absolute Gasteiger partial charge is 0.279 e. The topological polar surface area (TPSA) is 106 Å². The first-order chi connectivity index (χ1) is 16.6. The largest absolute Gasteiger partial charge is 0.497 e. The lowest BCUT2D eigenvalue weighted by Gasteiger charge is -2.14. The Hall–Kier alpha value is -3.72. The number of benzene rings is 2. The summed E-state index contributed by atoms with van der Waals surface area (Å²) in [4.78, 5) is 40.6. The minimum Gasteiger partial charge on any atom is -0.497 e. The van der Waals surface area contributed by atoms with Gasteiger partial charge in [-0.3, -0.25) is 14.4 Å². The molecule has 2 N–H and O–H groups in total. The normalized spacial score (nSPS) is 13.7. The highest BCUT2D eigenvalue weighted by atomic mass is 16.5. The van der Waals surface area contributed by atoms with Crippen molar-refractivity contribution in [3.8, 4) is 11.4 Å². The molecule has 3 aromatic rings. The summed E-state index contributed by atoms with van der Waals surface area (Å²) in [6, 6.07) is 13.6. The van der Waals surface area contributed by atoms with Crippen LogP contribution in [0.15, 0.2) is 53.3 Å². The quantitative estimate of drug-likeness (QED) is 0.468. The van der Waals surface area contributed by atoms with E-state index in [1.807, 2.05) is 0 Å². The van der Waals surface area contributed by atoms with Crippen LogP contribution in [0.1, 0.15) is 29.8 Å². The Morgan fingerprint density at radius 2 is 1.71 bits per heavy atom. The predicted molar refractivity (Wildman–Crippen MR) is 130 cm³/mol. The minimum atomic E-state index is -0.523. The van der Waals surface area contributed by atoms with Crippen LogP contribution in [0, 0.1) is 0 Å².